The third-order valence-electron chi connectivity index (χ3n) is 2.77. The quantitative estimate of drug-likeness (QED) is 0.594. The first-order valence-corrected chi connectivity index (χ1v) is 6.99. The molecule has 0 spiro atoms. The minimum atomic E-state index is -1.00. The molecule has 1 atom stereocenters. The lowest BCUT2D eigenvalue weighted by molar-refractivity contribution is -0.138. The molecule has 0 aliphatic rings. The first-order chi connectivity index (χ1) is 10.1. The molecule has 0 saturated heterocycles. The summed E-state index contributed by atoms with van der Waals surface area (Å²) in [5.41, 5.74) is 6.34. The minimum absolute atomic E-state index is 0.302. The highest BCUT2D eigenvalue weighted by molar-refractivity contribution is 5.73. The van der Waals surface area contributed by atoms with Crippen molar-refractivity contribution < 1.29 is 24.1 Å². The van der Waals surface area contributed by atoms with Crippen LogP contribution in [0.25, 0.3) is 0 Å². The molecule has 6 nitrogen and oxygen atoms in total. The normalized spacial score (nSPS) is 12.1. The maximum Gasteiger partial charge on any atom is 0.320 e. The van der Waals surface area contributed by atoms with Gasteiger partial charge in [-0.15, -0.1) is 0 Å². The number of ether oxygens (including phenoxy) is 3. The average molecular weight is 297 g/mol. The van der Waals surface area contributed by atoms with Crippen LogP contribution in [-0.2, 0) is 20.7 Å². The summed E-state index contributed by atoms with van der Waals surface area (Å²) in [5.74, 6) is -0.282. The van der Waals surface area contributed by atoms with Crippen molar-refractivity contribution >= 4 is 5.97 Å². The number of hydrogen-bond donors (Lipinski definition) is 2. The molecule has 3 N–H and O–H groups in total. The van der Waals surface area contributed by atoms with E-state index in [0.29, 0.717) is 39.5 Å². The Bertz CT molecular complexity index is 407. The molecule has 0 aromatic heterocycles. The van der Waals surface area contributed by atoms with E-state index in [0.717, 1.165) is 11.3 Å². The summed E-state index contributed by atoms with van der Waals surface area (Å²) in [7, 11) is 0. The van der Waals surface area contributed by atoms with Gasteiger partial charge < -0.3 is 25.1 Å². The van der Waals surface area contributed by atoms with Crippen molar-refractivity contribution in [3.05, 3.63) is 29.8 Å². The summed E-state index contributed by atoms with van der Waals surface area (Å²) in [6, 6.07) is 6.34. The highest BCUT2D eigenvalue weighted by Crippen LogP contribution is 2.13. The van der Waals surface area contributed by atoms with Crippen molar-refractivity contribution in [2.75, 3.05) is 33.0 Å². The molecule has 0 aliphatic heterocycles. The standard InChI is InChI=1S/C15H23NO5/c1-2-19-7-8-20-9-10-21-13-5-3-12(4-6-13)11-14(16)15(17)18/h3-6,14H,2,7-11,16H2,1H3,(H,17,18)/t14-/m0/s1. The van der Waals surface area contributed by atoms with Gasteiger partial charge in [0, 0.05) is 6.61 Å². The summed E-state index contributed by atoms with van der Waals surface area (Å²) in [5, 5.41) is 8.75. The molecule has 0 heterocycles. The highest BCUT2D eigenvalue weighted by atomic mass is 16.5. The van der Waals surface area contributed by atoms with Crippen LogP contribution in [0.5, 0.6) is 5.75 Å². The molecule has 0 radical (unpaired) electrons. The maximum absolute atomic E-state index is 10.7. The van der Waals surface area contributed by atoms with Gasteiger partial charge in [0.2, 0.25) is 0 Å². The van der Waals surface area contributed by atoms with Gasteiger partial charge in [0.1, 0.15) is 18.4 Å². The van der Waals surface area contributed by atoms with Crippen molar-refractivity contribution in [3.8, 4) is 5.75 Å². The zero-order valence-electron chi connectivity index (χ0n) is 12.3. The number of carbonyl (C=O) groups is 1. The Morgan fingerprint density at radius 2 is 1.76 bits per heavy atom. The summed E-state index contributed by atoms with van der Waals surface area (Å²) in [4.78, 5) is 10.7. The molecule has 21 heavy (non-hydrogen) atoms. The largest absolute Gasteiger partial charge is 0.491 e. The molecule has 0 saturated carbocycles. The number of carboxylic acid groups (broad SMARTS) is 1. The van der Waals surface area contributed by atoms with Gasteiger partial charge in [0.15, 0.2) is 0 Å². The van der Waals surface area contributed by atoms with E-state index in [1.54, 1.807) is 12.1 Å². The fourth-order valence-electron chi connectivity index (χ4n) is 1.65. The first kappa shape index (κ1) is 17.4. The number of hydrogen-bond acceptors (Lipinski definition) is 5. The van der Waals surface area contributed by atoms with Crippen LogP contribution < -0.4 is 10.5 Å². The second kappa shape index (κ2) is 10.1. The van der Waals surface area contributed by atoms with E-state index < -0.39 is 12.0 Å². The lowest BCUT2D eigenvalue weighted by atomic mass is 10.1. The molecule has 0 unspecified atom stereocenters. The fourth-order valence-corrected chi connectivity index (χ4v) is 1.65. The number of rotatable bonds is 11. The molecule has 0 fully saturated rings. The first-order valence-electron chi connectivity index (χ1n) is 6.99. The van der Waals surface area contributed by atoms with E-state index >= 15 is 0 Å². The van der Waals surface area contributed by atoms with Crippen LogP contribution in [0.1, 0.15) is 12.5 Å². The van der Waals surface area contributed by atoms with E-state index in [4.69, 9.17) is 25.1 Å². The number of aliphatic carboxylic acids is 1. The van der Waals surface area contributed by atoms with Crippen LogP contribution in [0.4, 0.5) is 0 Å². The zero-order valence-corrected chi connectivity index (χ0v) is 12.3. The molecule has 1 aromatic rings. The zero-order chi connectivity index (χ0) is 15.5. The molecule has 0 bridgehead atoms. The Morgan fingerprint density at radius 3 is 2.38 bits per heavy atom. The van der Waals surface area contributed by atoms with Crippen molar-refractivity contribution in [1.29, 1.82) is 0 Å². The summed E-state index contributed by atoms with van der Waals surface area (Å²) in [6.07, 6.45) is 0.302. The predicted octanol–water partition coefficient (Wildman–Crippen LogP) is 1.07. The van der Waals surface area contributed by atoms with Crippen LogP contribution in [-0.4, -0.2) is 50.2 Å². The van der Waals surface area contributed by atoms with Crippen molar-refractivity contribution in [2.24, 2.45) is 5.73 Å². The Morgan fingerprint density at radius 1 is 1.14 bits per heavy atom. The van der Waals surface area contributed by atoms with Crippen LogP contribution in [0.3, 0.4) is 0 Å². The average Bonchev–Trinajstić information content (AvgIpc) is 2.48. The second-order valence-corrected chi connectivity index (χ2v) is 4.45. The molecule has 1 aromatic carbocycles. The topological polar surface area (TPSA) is 91.0 Å². The molecular formula is C15H23NO5. The van der Waals surface area contributed by atoms with Gasteiger partial charge in [-0.2, -0.15) is 0 Å². The van der Waals surface area contributed by atoms with Crippen LogP contribution in [0.15, 0.2) is 24.3 Å². The van der Waals surface area contributed by atoms with Crippen LogP contribution in [0.2, 0.25) is 0 Å². The summed E-state index contributed by atoms with van der Waals surface area (Å²) in [6.45, 7) is 4.74. The van der Waals surface area contributed by atoms with Crippen molar-refractivity contribution in [1.82, 2.24) is 0 Å². The smallest absolute Gasteiger partial charge is 0.320 e. The Hall–Kier alpha value is -1.63. The van der Waals surface area contributed by atoms with Gasteiger partial charge in [-0.25, -0.2) is 0 Å². The Balaban J connectivity index is 2.20. The summed E-state index contributed by atoms with van der Waals surface area (Å²) < 4.78 is 16.0. The van der Waals surface area contributed by atoms with E-state index in [-0.39, 0.29) is 0 Å². The molecular weight excluding hydrogens is 274 g/mol. The van der Waals surface area contributed by atoms with E-state index in [9.17, 15) is 4.79 Å². The third-order valence-corrected chi connectivity index (χ3v) is 2.77. The van der Waals surface area contributed by atoms with Crippen LogP contribution >= 0.6 is 0 Å². The number of benzene rings is 1. The summed E-state index contributed by atoms with van der Waals surface area (Å²) >= 11 is 0. The lowest BCUT2D eigenvalue weighted by Crippen LogP contribution is -2.32. The molecule has 0 aliphatic carbocycles. The van der Waals surface area contributed by atoms with Gasteiger partial charge in [-0.05, 0) is 31.0 Å². The van der Waals surface area contributed by atoms with Crippen molar-refractivity contribution in [2.45, 2.75) is 19.4 Å². The Labute approximate surface area is 124 Å². The van der Waals surface area contributed by atoms with Gasteiger partial charge in [-0.3, -0.25) is 4.79 Å². The maximum atomic E-state index is 10.7. The molecule has 0 amide bonds. The predicted molar refractivity (Wildman–Crippen MR) is 78.6 cm³/mol. The van der Waals surface area contributed by atoms with Gasteiger partial charge in [0.05, 0.1) is 19.8 Å². The molecule has 1 rings (SSSR count). The molecule has 6 heteroatoms. The minimum Gasteiger partial charge on any atom is -0.491 e. The van der Waals surface area contributed by atoms with Crippen LogP contribution in [0, 0.1) is 0 Å². The second-order valence-electron chi connectivity index (χ2n) is 4.45. The van der Waals surface area contributed by atoms with Gasteiger partial charge >= 0.3 is 5.97 Å². The van der Waals surface area contributed by atoms with Gasteiger partial charge in [-0.1, -0.05) is 12.1 Å². The van der Waals surface area contributed by atoms with E-state index in [1.807, 2.05) is 19.1 Å². The number of carboxylic acids is 1. The number of nitrogens with two attached hydrogens (primary N) is 1. The Kier molecular flexibility index (Phi) is 8.42. The van der Waals surface area contributed by atoms with E-state index in [1.165, 1.54) is 0 Å². The van der Waals surface area contributed by atoms with Crippen molar-refractivity contribution in [3.63, 3.8) is 0 Å². The highest BCUT2D eigenvalue weighted by Gasteiger charge is 2.11. The fraction of sp³-hybridized carbons (Fsp3) is 0.533. The lowest BCUT2D eigenvalue weighted by Gasteiger charge is -2.09. The van der Waals surface area contributed by atoms with E-state index in [2.05, 4.69) is 0 Å². The third kappa shape index (κ3) is 7.65. The monoisotopic (exact) mass is 297 g/mol. The van der Waals surface area contributed by atoms with Gasteiger partial charge in [0.25, 0.3) is 0 Å². The SMILES string of the molecule is CCOCCOCCOc1ccc(C[C@H](N)C(=O)O)cc1. The molecule has 118 valence electrons.